The third-order valence-electron chi connectivity index (χ3n) is 0.981. The van der Waals surface area contributed by atoms with Crippen molar-refractivity contribution in [3.63, 3.8) is 0 Å². The second kappa shape index (κ2) is 2.67. The molecule has 0 atom stereocenters. The molecule has 0 aliphatic heterocycles. The maximum absolute atomic E-state index is 5.63. The molecule has 9 heavy (non-hydrogen) atoms. The summed E-state index contributed by atoms with van der Waals surface area (Å²) in [6.07, 6.45) is 1.61. The van der Waals surface area contributed by atoms with Gasteiger partial charge in [-0.1, -0.05) is 11.6 Å². The van der Waals surface area contributed by atoms with Crippen LogP contribution in [0.5, 0.6) is 0 Å². The van der Waals surface area contributed by atoms with Gasteiger partial charge < -0.3 is 0 Å². The zero-order valence-electron chi connectivity index (χ0n) is 4.86. The summed E-state index contributed by atoms with van der Waals surface area (Å²) < 4.78 is 0.854. The summed E-state index contributed by atoms with van der Waals surface area (Å²) in [5.74, 6) is 0. The van der Waals surface area contributed by atoms with Crippen LogP contribution in [0.15, 0.2) is 16.9 Å². The van der Waals surface area contributed by atoms with E-state index in [4.69, 9.17) is 11.6 Å². The predicted molar refractivity (Wildman–Crippen MR) is 41.7 cm³/mol. The number of halogens is 2. The molecular weight excluding hydrogens is 201 g/mol. The Balaban J connectivity index is 3.17. The summed E-state index contributed by atoms with van der Waals surface area (Å²) in [5.41, 5.74) is 1.06. The van der Waals surface area contributed by atoms with E-state index in [1.807, 2.05) is 13.0 Å². The van der Waals surface area contributed by atoms with E-state index >= 15 is 0 Å². The van der Waals surface area contributed by atoms with Gasteiger partial charge in [-0.25, -0.2) is 4.98 Å². The van der Waals surface area contributed by atoms with Crippen LogP contribution >= 0.6 is 27.5 Å². The van der Waals surface area contributed by atoms with Crippen molar-refractivity contribution in [3.8, 4) is 0 Å². The first-order valence-electron chi connectivity index (χ1n) is 2.48. The molecule has 0 fully saturated rings. The standard InChI is InChI=1S/C6H5BrClN/c1-4-2-5(8)3-9-6(4)7/h2-3H,1H3. The smallest absolute Gasteiger partial charge is 0.109 e. The first kappa shape index (κ1) is 7.03. The van der Waals surface area contributed by atoms with Gasteiger partial charge in [0.15, 0.2) is 0 Å². The Bertz CT molecular complexity index is 224. The quantitative estimate of drug-likeness (QED) is 0.595. The van der Waals surface area contributed by atoms with Crippen molar-refractivity contribution in [2.24, 2.45) is 0 Å². The summed E-state index contributed by atoms with van der Waals surface area (Å²) in [7, 11) is 0. The van der Waals surface area contributed by atoms with E-state index in [-0.39, 0.29) is 0 Å². The monoisotopic (exact) mass is 205 g/mol. The molecule has 1 aromatic heterocycles. The normalized spacial score (nSPS) is 9.67. The van der Waals surface area contributed by atoms with Crippen LogP contribution in [-0.4, -0.2) is 4.98 Å². The van der Waals surface area contributed by atoms with Crippen molar-refractivity contribution in [2.75, 3.05) is 0 Å². The molecule has 0 spiro atoms. The Morgan fingerprint density at radius 2 is 2.33 bits per heavy atom. The maximum atomic E-state index is 5.63. The SMILES string of the molecule is Cc1cc(Cl)cnc1Br. The van der Waals surface area contributed by atoms with Crippen molar-refractivity contribution in [1.29, 1.82) is 0 Å². The third-order valence-corrected chi connectivity index (χ3v) is 2.02. The fraction of sp³-hybridized carbons (Fsp3) is 0.167. The van der Waals surface area contributed by atoms with Crippen LogP contribution in [0.2, 0.25) is 5.02 Å². The van der Waals surface area contributed by atoms with Crippen LogP contribution in [0.3, 0.4) is 0 Å². The molecule has 0 N–H and O–H groups in total. The van der Waals surface area contributed by atoms with Gasteiger partial charge in [-0.05, 0) is 34.5 Å². The topological polar surface area (TPSA) is 12.9 Å². The Hall–Kier alpha value is -0.0800. The molecule has 0 saturated carbocycles. The van der Waals surface area contributed by atoms with Crippen molar-refractivity contribution in [1.82, 2.24) is 4.98 Å². The highest BCUT2D eigenvalue weighted by Crippen LogP contribution is 2.15. The van der Waals surface area contributed by atoms with Crippen LogP contribution in [0, 0.1) is 6.92 Å². The molecular formula is C6H5BrClN. The number of rotatable bonds is 0. The summed E-state index contributed by atoms with van der Waals surface area (Å²) in [6, 6.07) is 1.86. The molecule has 1 aromatic rings. The Morgan fingerprint density at radius 1 is 1.67 bits per heavy atom. The molecule has 1 rings (SSSR count). The largest absolute Gasteiger partial charge is 0.248 e. The fourth-order valence-electron chi connectivity index (χ4n) is 0.524. The lowest BCUT2D eigenvalue weighted by molar-refractivity contribution is 1.22. The van der Waals surface area contributed by atoms with Crippen LogP contribution in [-0.2, 0) is 0 Å². The molecule has 0 aliphatic rings. The predicted octanol–water partition coefficient (Wildman–Crippen LogP) is 2.81. The highest BCUT2D eigenvalue weighted by molar-refractivity contribution is 9.10. The van der Waals surface area contributed by atoms with Crippen molar-refractivity contribution >= 4 is 27.5 Å². The first-order chi connectivity index (χ1) is 4.20. The molecule has 0 unspecified atom stereocenters. The van der Waals surface area contributed by atoms with Gasteiger partial charge in [0.1, 0.15) is 4.60 Å². The van der Waals surface area contributed by atoms with Gasteiger partial charge in [-0.2, -0.15) is 0 Å². The zero-order chi connectivity index (χ0) is 6.85. The molecule has 1 heterocycles. The molecule has 0 aliphatic carbocycles. The first-order valence-corrected chi connectivity index (χ1v) is 3.65. The van der Waals surface area contributed by atoms with E-state index in [9.17, 15) is 0 Å². The van der Waals surface area contributed by atoms with Crippen LogP contribution < -0.4 is 0 Å². The maximum Gasteiger partial charge on any atom is 0.109 e. The van der Waals surface area contributed by atoms with Gasteiger partial charge in [0.25, 0.3) is 0 Å². The van der Waals surface area contributed by atoms with Gasteiger partial charge >= 0.3 is 0 Å². The molecule has 0 bridgehead atoms. The number of pyridine rings is 1. The van der Waals surface area contributed by atoms with Crippen molar-refractivity contribution < 1.29 is 0 Å². The number of hydrogen-bond donors (Lipinski definition) is 0. The van der Waals surface area contributed by atoms with Crippen LogP contribution in [0.25, 0.3) is 0 Å². The van der Waals surface area contributed by atoms with Crippen molar-refractivity contribution in [3.05, 3.63) is 27.5 Å². The van der Waals surface area contributed by atoms with E-state index in [0.29, 0.717) is 5.02 Å². The van der Waals surface area contributed by atoms with E-state index < -0.39 is 0 Å². The minimum atomic E-state index is 0.677. The second-order valence-electron chi connectivity index (χ2n) is 1.76. The summed E-state index contributed by atoms with van der Waals surface area (Å²) in [4.78, 5) is 3.96. The number of nitrogens with zero attached hydrogens (tertiary/aromatic N) is 1. The number of hydrogen-bond acceptors (Lipinski definition) is 1. The lowest BCUT2D eigenvalue weighted by Gasteiger charge is -1.94. The Labute approximate surface area is 67.2 Å². The van der Waals surface area contributed by atoms with Crippen LogP contribution in [0.1, 0.15) is 5.56 Å². The molecule has 1 nitrogen and oxygen atoms in total. The molecule has 0 radical (unpaired) electrons. The highest BCUT2D eigenvalue weighted by atomic mass is 79.9. The van der Waals surface area contributed by atoms with Gasteiger partial charge in [-0.3, -0.25) is 0 Å². The Kier molecular flexibility index (Phi) is 2.09. The Morgan fingerprint density at radius 3 is 2.78 bits per heavy atom. The summed E-state index contributed by atoms with van der Waals surface area (Å²) in [5, 5.41) is 0.677. The average Bonchev–Trinajstić information content (AvgIpc) is 1.80. The van der Waals surface area contributed by atoms with E-state index in [2.05, 4.69) is 20.9 Å². The molecule has 3 heteroatoms. The summed E-state index contributed by atoms with van der Waals surface area (Å²) >= 11 is 8.89. The second-order valence-corrected chi connectivity index (χ2v) is 2.95. The van der Waals surface area contributed by atoms with Crippen molar-refractivity contribution in [2.45, 2.75) is 6.92 Å². The summed E-state index contributed by atoms with van der Waals surface area (Å²) in [6.45, 7) is 1.95. The zero-order valence-corrected chi connectivity index (χ0v) is 7.20. The fourth-order valence-corrected chi connectivity index (χ4v) is 0.953. The molecule has 0 saturated heterocycles. The molecule has 0 aromatic carbocycles. The van der Waals surface area contributed by atoms with E-state index in [0.717, 1.165) is 10.2 Å². The minimum Gasteiger partial charge on any atom is -0.248 e. The van der Waals surface area contributed by atoms with Gasteiger partial charge in [0.05, 0.1) is 5.02 Å². The van der Waals surface area contributed by atoms with Crippen LogP contribution in [0.4, 0.5) is 0 Å². The number of aromatic nitrogens is 1. The van der Waals surface area contributed by atoms with Gasteiger partial charge in [-0.15, -0.1) is 0 Å². The molecule has 48 valence electrons. The highest BCUT2D eigenvalue weighted by Gasteiger charge is 1.93. The van der Waals surface area contributed by atoms with E-state index in [1.165, 1.54) is 0 Å². The number of aryl methyl sites for hydroxylation is 1. The lowest BCUT2D eigenvalue weighted by Crippen LogP contribution is -1.79. The molecule has 0 amide bonds. The third kappa shape index (κ3) is 1.66. The average molecular weight is 206 g/mol. The van der Waals surface area contributed by atoms with E-state index in [1.54, 1.807) is 6.20 Å². The lowest BCUT2D eigenvalue weighted by atomic mass is 10.3. The van der Waals surface area contributed by atoms with Gasteiger partial charge in [0.2, 0.25) is 0 Å². The minimum absolute atomic E-state index is 0.677. The van der Waals surface area contributed by atoms with Gasteiger partial charge in [0, 0.05) is 6.20 Å².